The maximum Gasteiger partial charge on any atom is 0.295 e. The molecule has 0 aliphatic carbocycles. The fraction of sp³-hybridized carbons (Fsp3) is 0.133. The second kappa shape index (κ2) is 7.02. The van der Waals surface area contributed by atoms with Crippen LogP contribution in [0, 0.1) is 0 Å². The Balaban J connectivity index is 2.16. The minimum atomic E-state index is -4.50. The molecule has 0 amide bonds. The first-order valence-corrected chi connectivity index (χ1v) is 9.28. The monoisotopic (exact) mass is 407 g/mol. The van der Waals surface area contributed by atoms with Gasteiger partial charge in [-0.2, -0.15) is 23.4 Å². The van der Waals surface area contributed by atoms with Crippen LogP contribution in [-0.2, 0) is 10.1 Å². The van der Waals surface area contributed by atoms with Crippen molar-refractivity contribution in [2.24, 2.45) is 10.2 Å². The lowest BCUT2D eigenvalue weighted by molar-refractivity contribution is 0.484. The quantitative estimate of drug-likeness (QED) is 0.381. The molecule has 140 valence electrons. The number of aromatic nitrogens is 3. The molecule has 3 N–H and O–H groups in total. The molecule has 0 spiro atoms. The molecule has 27 heavy (non-hydrogen) atoms. The standard InChI is InChI=1S/C15H14ClN7O3S/c1-23(2)15-19-13(16)18-14(20-15)22-21-10-7-11(27(24,25)26)8-5-3-4-6-9(8)12(10)17/h3-7H,17H2,1-2H3,(H,24,25,26). The number of rotatable bonds is 4. The van der Waals surface area contributed by atoms with Gasteiger partial charge in [-0.05, 0) is 17.7 Å². The highest BCUT2D eigenvalue weighted by molar-refractivity contribution is 7.86. The van der Waals surface area contributed by atoms with Gasteiger partial charge in [0.15, 0.2) is 0 Å². The van der Waals surface area contributed by atoms with Gasteiger partial charge in [0.1, 0.15) is 10.6 Å². The highest BCUT2D eigenvalue weighted by atomic mass is 35.5. The van der Waals surface area contributed by atoms with Crippen LogP contribution in [0.2, 0.25) is 5.28 Å². The van der Waals surface area contributed by atoms with E-state index in [2.05, 4.69) is 25.2 Å². The Bertz CT molecular complexity index is 1170. The second-order valence-electron chi connectivity index (χ2n) is 5.63. The average molecular weight is 408 g/mol. The summed E-state index contributed by atoms with van der Waals surface area (Å²) < 4.78 is 33.0. The fourth-order valence-electron chi connectivity index (χ4n) is 2.32. The van der Waals surface area contributed by atoms with Crippen LogP contribution in [0.25, 0.3) is 10.8 Å². The minimum absolute atomic E-state index is 0.0317. The summed E-state index contributed by atoms with van der Waals surface area (Å²) in [4.78, 5) is 13.1. The van der Waals surface area contributed by atoms with Crippen LogP contribution in [-0.4, -0.2) is 42.0 Å². The van der Waals surface area contributed by atoms with E-state index in [4.69, 9.17) is 17.3 Å². The van der Waals surface area contributed by atoms with E-state index in [1.165, 1.54) is 6.07 Å². The summed E-state index contributed by atoms with van der Waals surface area (Å²) in [7, 11) is -1.07. The smallest absolute Gasteiger partial charge is 0.295 e. The zero-order valence-electron chi connectivity index (χ0n) is 14.2. The molecule has 0 atom stereocenters. The molecule has 1 aromatic heterocycles. The van der Waals surface area contributed by atoms with E-state index in [1.54, 1.807) is 37.2 Å². The number of nitrogens with zero attached hydrogens (tertiary/aromatic N) is 6. The lowest BCUT2D eigenvalue weighted by Gasteiger charge is -2.10. The van der Waals surface area contributed by atoms with Crippen molar-refractivity contribution in [3.63, 3.8) is 0 Å². The van der Waals surface area contributed by atoms with Gasteiger partial charge in [0.25, 0.3) is 16.1 Å². The lowest BCUT2D eigenvalue weighted by Crippen LogP contribution is -2.13. The first-order valence-electron chi connectivity index (χ1n) is 7.46. The number of hydrogen-bond donors (Lipinski definition) is 2. The van der Waals surface area contributed by atoms with E-state index in [1.807, 2.05) is 0 Å². The third kappa shape index (κ3) is 3.94. The summed E-state index contributed by atoms with van der Waals surface area (Å²) in [6.45, 7) is 0. The number of nitrogen functional groups attached to an aromatic ring is 1. The number of azo groups is 1. The van der Waals surface area contributed by atoms with Crippen LogP contribution >= 0.6 is 11.6 Å². The van der Waals surface area contributed by atoms with Crippen molar-refractivity contribution in [2.75, 3.05) is 24.7 Å². The molecule has 0 aliphatic rings. The summed E-state index contributed by atoms with van der Waals surface area (Å²) in [5.41, 5.74) is 6.31. The molecule has 0 saturated heterocycles. The van der Waals surface area contributed by atoms with Crippen LogP contribution < -0.4 is 10.6 Å². The SMILES string of the molecule is CN(C)c1nc(Cl)nc(N=Nc2cc(S(=O)(=O)O)c3ccccc3c2N)n1. The van der Waals surface area contributed by atoms with E-state index in [0.717, 1.165) is 6.07 Å². The van der Waals surface area contributed by atoms with Crippen LogP contribution in [0.15, 0.2) is 45.5 Å². The normalized spacial score (nSPS) is 12.0. The summed E-state index contributed by atoms with van der Waals surface area (Å²) in [5.74, 6) is 0.189. The van der Waals surface area contributed by atoms with Gasteiger partial charge in [0, 0.05) is 24.9 Å². The topological polar surface area (TPSA) is 147 Å². The van der Waals surface area contributed by atoms with Crippen LogP contribution in [0.3, 0.4) is 0 Å². The van der Waals surface area contributed by atoms with Crippen molar-refractivity contribution in [1.29, 1.82) is 0 Å². The van der Waals surface area contributed by atoms with E-state index in [0.29, 0.717) is 5.39 Å². The molecule has 0 fully saturated rings. The van der Waals surface area contributed by atoms with Gasteiger partial charge in [0.05, 0.1) is 5.69 Å². The molecule has 3 rings (SSSR count). The fourth-order valence-corrected chi connectivity index (χ4v) is 3.19. The number of anilines is 2. The van der Waals surface area contributed by atoms with Gasteiger partial charge in [-0.1, -0.05) is 24.3 Å². The van der Waals surface area contributed by atoms with Crippen molar-refractivity contribution in [2.45, 2.75) is 4.90 Å². The summed E-state index contributed by atoms with van der Waals surface area (Å²) in [5, 5.41) is 8.41. The third-order valence-electron chi connectivity index (χ3n) is 3.54. The number of hydrogen-bond acceptors (Lipinski definition) is 9. The van der Waals surface area contributed by atoms with Crippen LogP contribution in [0.5, 0.6) is 0 Å². The molecule has 0 radical (unpaired) electrons. The number of fused-ring (bicyclic) bond motifs is 1. The summed E-state index contributed by atoms with van der Waals surface area (Å²) >= 11 is 5.84. The zero-order chi connectivity index (χ0) is 19.8. The Morgan fingerprint density at radius 2 is 1.78 bits per heavy atom. The van der Waals surface area contributed by atoms with E-state index < -0.39 is 10.1 Å². The first kappa shape index (κ1) is 18.9. The first-order chi connectivity index (χ1) is 12.7. The number of benzene rings is 2. The Morgan fingerprint density at radius 3 is 2.41 bits per heavy atom. The maximum absolute atomic E-state index is 11.7. The van der Waals surface area contributed by atoms with Crippen molar-refractivity contribution in [3.8, 4) is 0 Å². The Morgan fingerprint density at radius 1 is 1.11 bits per heavy atom. The molecule has 1 heterocycles. The largest absolute Gasteiger partial charge is 0.396 e. The zero-order valence-corrected chi connectivity index (χ0v) is 15.8. The van der Waals surface area contributed by atoms with Gasteiger partial charge in [0.2, 0.25) is 11.2 Å². The molecular formula is C15H14ClN7O3S. The Kier molecular flexibility index (Phi) is 4.91. The van der Waals surface area contributed by atoms with Crippen LogP contribution in [0.1, 0.15) is 0 Å². The molecule has 0 bridgehead atoms. The number of nitrogens with two attached hydrogens (primary N) is 1. The van der Waals surface area contributed by atoms with Gasteiger partial charge in [-0.3, -0.25) is 4.55 Å². The van der Waals surface area contributed by atoms with Crippen LogP contribution in [0.4, 0.5) is 23.3 Å². The maximum atomic E-state index is 11.7. The van der Waals surface area contributed by atoms with E-state index >= 15 is 0 Å². The average Bonchev–Trinajstić information content (AvgIpc) is 2.60. The van der Waals surface area contributed by atoms with E-state index in [-0.39, 0.29) is 38.8 Å². The molecule has 0 aliphatic heterocycles. The predicted molar refractivity (Wildman–Crippen MR) is 102 cm³/mol. The van der Waals surface area contributed by atoms with Gasteiger partial charge < -0.3 is 10.6 Å². The molecule has 0 unspecified atom stereocenters. The number of halogens is 1. The Labute approximate surface area is 159 Å². The van der Waals surface area contributed by atoms with Gasteiger partial charge >= 0.3 is 0 Å². The predicted octanol–water partition coefficient (Wildman–Crippen LogP) is 2.99. The molecule has 0 saturated carbocycles. The summed E-state index contributed by atoms with van der Waals surface area (Å²) in [6, 6.07) is 7.59. The van der Waals surface area contributed by atoms with Gasteiger partial charge in [-0.25, -0.2) is 0 Å². The van der Waals surface area contributed by atoms with Crippen molar-refractivity contribution in [3.05, 3.63) is 35.6 Å². The Hall–Kier alpha value is -2.89. The van der Waals surface area contributed by atoms with Crippen molar-refractivity contribution >= 4 is 55.8 Å². The highest BCUT2D eigenvalue weighted by Gasteiger charge is 2.18. The molecular weight excluding hydrogens is 394 g/mol. The van der Waals surface area contributed by atoms with Crippen molar-refractivity contribution < 1.29 is 13.0 Å². The highest BCUT2D eigenvalue weighted by Crippen LogP contribution is 2.36. The van der Waals surface area contributed by atoms with Gasteiger partial charge in [-0.15, -0.1) is 10.2 Å². The molecule has 2 aromatic carbocycles. The third-order valence-corrected chi connectivity index (χ3v) is 4.60. The van der Waals surface area contributed by atoms with E-state index in [9.17, 15) is 13.0 Å². The molecule has 10 nitrogen and oxygen atoms in total. The molecule has 12 heteroatoms. The summed E-state index contributed by atoms with van der Waals surface area (Å²) in [6.07, 6.45) is 0. The molecule has 3 aromatic rings. The van der Waals surface area contributed by atoms with Crippen molar-refractivity contribution in [1.82, 2.24) is 15.0 Å². The lowest BCUT2D eigenvalue weighted by atomic mass is 10.1. The second-order valence-corrected chi connectivity index (χ2v) is 7.36. The minimum Gasteiger partial charge on any atom is -0.396 e.